The van der Waals surface area contributed by atoms with Crippen LogP contribution < -0.4 is 5.32 Å². The van der Waals surface area contributed by atoms with Gasteiger partial charge >= 0.3 is 0 Å². The van der Waals surface area contributed by atoms with Crippen molar-refractivity contribution < 1.29 is 14.3 Å². The Kier molecular flexibility index (Phi) is 5.49. The Hall–Kier alpha value is -1.46. The number of aromatic nitrogens is 1. The molecule has 2 atom stereocenters. The number of nitrogens with one attached hydrogen (secondary N) is 1. The van der Waals surface area contributed by atoms with Crippen molar-refractivity contribution in [2.24, 2.45) is 0 Å². The summed E-state index contributed by atoms with van der Waals surface area (Å²) in [6.07, 6.45) is 1.77. The molecule has 0 saturated carbocycles. The maximum absolute atomic E-state index is 11.9. The zero-order valence-corrected chi connectivity index (χ0v) is 12.1. The maximum atomic E-state index is 11.9. The fourth-order valence-electron chi connectivity index (χ4n) is 2.12. The predicted octanol–water partition coefficient (Wildman–Crippen LogP) is 1.59. The second-order valence-corrected chi connectivity index (χ2v) is 5.10. The molecule has 0 aliphatic carbocycles. The van der Waals surface area contributed by atoms with Crippen LogP contribution in [0.15, 0.2) is 18.2 Å². The Morgan fingerprint density at radius 2 is 2.45 bits per heavy atom. The molecule has 1 fully saturated rings. The third kappa shape index (κ3) is 4.58. The first-order valence-corrected chi connectivity index (χ1v) is 7.08. The topological polar surface area (TPSA) is 60.5 Å². The number of pyridine rings is 1. The van der Waals surface area contributed by atoms with Crippen LogP contribution in [-0.2, 0) is 20.8 Å². The molecule has 1 amide bonds. The molecule has 5 heteroatoms. The molecule has 2 unspecified atom stereocenters. The SMILES string of the molecule is Cc1cccc(CNC(=O)C(C)OCC2CCCO2)n1. The summed E-state index contributed by atoms with van der Waals surface area (Å²) in [6.45, 7) is 5.39. The Labute approximate surface area is 119 Å². The number of amides is 1. The molecule has 0 aromatic carbocycles. The first kappa shape index (κ1) is 14.9. The number of hydrogen-bond donors (Lipinski definition) is 1. The van der Waals surface area contributed by atoms with Crippen molar-refractivity contribution >= 4 is 5.91 Å². The summed E-state index contributed by atoms with van der Waals surface area (Å²) in [5.41, 5.74) is 1.80. The second-order valence-electron chi connectivity index (χ2n) is 5.10. The van der Waals surface area contributed by atoms with Crippen molar-refractivity contribution in [1.82, 2.24) is 10.3 Å². The second kappa shape index (κ2) is 7.36. The van der Waals surface area contributed by atoms with E-state index in [4.69, 9.17) is 9.47 Å². The molecule has 20 heavy (non-hydrogen) atoms. The average molecular weight is 278 g/mol. The number of carbonyl (C=O) groups excluding carboxylic acids is 1. The normalized spacial score (nSPS) is 19.8. The molecule has 110 valence electrons. The van der Waals surface area contributed by atoms with Crippen molar-refractivity contribution in [3.63, 3.8) is 0 Å². The van der Waals surface area contributed by atoms with Crippen LogP contribution >= 0.6 is 0 Å². The van der Waals surface area contributed by atoms with Gasteiger partial charge in [0.15, 0.2) is 0 Å². The zero-order valence-electron chi connectivity index (χ0n) is 12.1. The highest BCUT2D eigenvalue weighted by Gasteiger charge is 2.19. The summed E-state index contributed by atoms with van der Waals surface area (Å²) >= 11 is 0. The molecule has 2 rings (SSSR count). The smallest absolute Gasteiger partial charge is 0.249 e. The van der Waals surface area contributed by atoms with E-state index in [2.05, 4.69) is 10.3 Å². The van der Waals surface area contributed by atoms with Gasteiger partial charge in [-0.1, -0.05) is 6.07 Å². The van der Waals surface area contributed by atoms with Crippen LogP contribution in [0.5, 0.6) is 0 Å². The van der Waals surface area contributed by atoms with Gasteiger partial charge < -0.3 is 14.8 Å². The van der Waals surface area contributed by atoms with E-state index >= 15 is 0 Å². The molecule has 5 nitrogen and oxygen atoms in total. The van der Waals surface area contributed by atoms with Crippen LogP contribution in [0.4, 0.5) is 0 Å². The van der Waals surface area contributed by atoms with E-state index in [0.717, 1.165) is 30.8 Å². The highest BCUT2D eigenvalue weighted by molar-refractivity contribution is 5.80. The first-order chi connectivity index (χ1) is 9.65. The van der Waals surface area contributed by atoms with Gasteiger partial charge in [-0.15, -0.1) is 0 Å². The van der Waals surface area contributed by atoms with Gasteiger partial charge in [-0.25, -0.2) is 0 Å². The van der Waals surface area contributed by atoms with E-state index in [0.29, 0.717) is 13.2 Å². The number of rotatable bonds is 6. The van der Waals surface area contributed by atoms with E-state index in [1.165, 1.54) is 0 Å². The molecule has 1 aromatic rings. The molecular formula is C15H22N2O3. The summed E-state index contributed by atoms with van der Waals surface area (Å²) in [5, 5.41) is 2.83. The number of ether oxygens (including phenoxy) is 2. The van der Waals surface area contributed by atoms with Crippen molar-refractivity contribution in [1.29, 1.82) is 0 Å². The molecule has 1 aliphatic rings. The van der Waals surface area contributed by atoms with Crippen LogP contribution in [0.1, 0.15) is 31.2 Å². The van der Waals surface area contributed by atoms with Gasteiger partial charge in [0.2, 0.25) is 5.91 Å². The van der Waals surface area contributed by atoms with Crippen LogP contribution in [0.3, 0.4) is 0 Å². The maximum Gasteiger partial charge on any atom is 0.249 e. The molecule has 1 aromatic heterocycles. The molecule has 0 spiro atoms. The van der Waals surface area contributed by atoms with Gasteiger partial charge in [0, 0.05) is 12.3 Å². The minimum atomic E-state index is -0.469. The van der Waals surface area contributed by atoms with E-state index in [-0.39, 0.29) is 12.0 Å². The highest BCUT2D eigenvalue weighted by atomic mass is 16.5. The Morgan fingerprint density at radius 3 is 3.15 bits per heavy atom. The Morgan fingerprint density at radius 1 is 1.60 bits per heavy atom. The van der Waals surface area contributed by atoms with E-state index in [1.807, 2.05) is 25.1 Å². The zero-order chi connectivity index (χ0) is 14.4. The van der Waals surface area contributed by atoms with Crippen LogP contribution in [0.25, 0.3) is 0 Å². The third-order valence-corrected chi connectivity index (χ3v) is 3.32. The van der Waals surface area contributed by atoms with Gasteiger partial charge in [-0.05, 0) is 38.8 Å². The monoisotopic (exact) mass is 278 g/mol. The molecule has 0 bridgehead atoms. The standard InChI is InChI=1S/C15H22N2O3/c1-11-5-3-6-13(17-11)9-16-15(18)12(2)20-10-14-7-4-8-19-14/h3,5-6,12,14H,4,7-10H2,1-2H3,(H,16,18). The molecule has 2 heterocycles. The fourth-order valence-corrected chi connectivity index (χ4v) is 2.12. The van der Waals surface area contributed by atoms with Crippen molar-refractivity contribution in [2.45, 2.75) is 45.4 Å². The lowest BCUT2D eigenvalue weighted by atomic mass is 10.2. The molecule has 0 radical (unpaired) electrons. The fraction of sp³-hybridized carbons (Fsp3) is 0.600. The lowest BCUT2D eigenvalue weighted by molar-refractivity contribution is -0.133. The van der Waals surface area contributed by atoms with Gasteiger partial charge in [-0.2, -0.15) is 0 Å². The Balaban J connectivity index is 1.70. The van der Waals surface area contributed by atoms with Crippen molar-refractivity contribution in [3.05, 3.63) is 29.6 Å². The molecule has 1 N–H and O–H groups in total. The van der Waals surface area contributed by atoms with Gasteiger partial charge in [0.05, 0.1) is 24.9 Å². The highest BCUT2D eigenvalue weighted by Crippen LogP contribution is 2.12. The summed E-state index contributed by atoms with van der Waals surface area (Å²) in [4.78, 5) is 16.2. The minimum absolute atomic E-state index is 0.119. The summed E-state index contributed by atoms with van der Waals surface area (Å²) in [6, 6.07) is 5.75. The predicted molar refractivity (Wildman–Crippen MR) is 75.2 cm³/mol. The summed E-state index contributed by atoms with van der Waals surface area (Å²) < 4.78 is 11.0. The Bertz CT molecular complexity index is 444. The summed E-state index contributed by atoms with van der Waals surface area (Å²) in [7, 11) is 0. The van der Waals surface area contributed by atoms with Crippen molar-refractivity contribution in [2.75, 3.05) is 13.2 Å². The lowest BCUT2D eigenvalue weighted by Crippen LogP contribution is -2.35. The molecular weight excluding hydrogens is 256 g/mol. The van der Waals surface area contributed by atoms with Gasteiger partial charge in [-0.3, -0.25) is 9.78 Å². The molecule has 1 saturated heterocycles. The van der Waals surface area contributed by atoms with Gasteiger partial charge in [0.25, 0.3) is 0 Å². The first-order valence-electron chi connectivity index (χ1n) is 7.08. The van der Waals surface area contributed by atoms with Crippen LogP contribution in [0, 0.1) is 6.92 Å². The van der Waals surface area contributed by atoms with E-state index in [1.54, 1.807) is 6.92 Å². The summed E-state index contributed by atoms with van der Waals surface area (Å²) in [5.74, 6) is -0.119. The third-order valence-electron chi connectivity index (χ3n) is 3.32. The van der Waals surface area contributed by atoms with Crippen LogP contribution in [-0.4, -0.2) is 36.3 Å². The number of hydrogen-bond acceptors (Lipinski definition) is 4. The average Bonchev–Trinajstić information content (AvgIpc) is 2.95. The largest absolute Gasteiger partial charge is 0.376 e. The van der Waals surface area contributed by atoms with Gasteiger partial charge in [0.1, 0.15) is 6.10 Å². The quantitative estimate of drug-likeness (QED) is 0.858. The van der Waals surface area contributed by atoms with Crippen molar-refractivity contribution in [3.8, 4) is 0 Å². The molecule has 1 aliphatic heterocycles. The number of carbonyl (C=O) groups is 1. The lowest BCUT2D eigenvalue weighted by Gasteiger charge is -2.16. The van der Waals surface area contributed by atoms with E-state index < -0.39 is 6.10 Å². The minimum Gasteiger partial charge on any atom is -0.376 e. The van der Waals surface area contributed by atoms with E-state index in [9.17, 15) is 4.79 Å². The number of nitrogens with zero attached hydrogens (tertiary/aromatic N) is 1. The van der Waals surface area contributed by atoms with Crippen LogP contribution in [0.2, 0.25) is 0 Å². The number of aryl methyl sites for hydroxylation is 1.